The molecule has 1 atom stereocenters. The largest absolute Gasteiger partial charge is 0.296 e. The average molecular weight is 424 g/mol. The zero-order valence-corrected chi connectivity index (χ0v) is 17.8. The van der Waals surface area contributed by atoms with Crippen molar-refractivity contribution in [2.24, 2.45) is 0 Å². The number of aryl methyl sites for hydroxylation is 2. The second kappa shape index (κ2) is 9.47. The quantitative estimate of drug-likeness (QED) is 0.380. The summed E-state index contributed by atoms with van der Waals surface area (Å²) in [5.41, 5.74) is 1.94. The standard InChI is InChI=1S/C20H25NO5S2/c1-16-7-11-19(12-8-16)27(22,23)21-18(3)6-4-5-15-26-28(24,25)20-13-9-17(2)10-14-20/h4,6-14,18,21H,5,15H2,1-3H3/b6-4+. The molecule has 152 valence electrons. The van der Waals surface area contributed by atoms with Crippen molar-refractivity contribution < 1.29 is 21.0 Å². The van der Waals surface area contributed by atoms with Crippen LogP contribution in [0.4, 0.5) is 0 Å². The van der Waals surface area contributed by atoms with Crippen LogP contribution >= 0.6 is 0 Å². The molecule has 0 aromatic heterocycles. The van der Waals surface area contributed by atoms with E-state index in [9.17, 15) is 16.8 Å². The predicted octanol–water partition coefficient (Wildman–Crippen LogP) is 3.32. The molecule has 0 saturated heterocycles. The lowest BCUT2D eigenvalue weighted by Crippen LogP contribution is -2.31. The zero-order chi connectivity index (χ0) is 20.8. The van der Waals surface area contributed by atoms with Gasteiger partial charge < -0.3 is 0 Å². The van der Waals surface area contributed by atoms with E-state index in [2.05, 4.69) is 4.72 Å². The molecule has 2 rings (SSSR count). The average Bonchev–Trinajstić information content (AvgIpc) is 2.61. The minimum atomic E-state index is -3.79. The fourth-order valence-electron chi connectivity index (χ4n) is 2.37. The van der Waals surface area contributed by atoms with E-state index in [-0.39, 0.29) is 16.4 Å². The van der Waals surface area contributed by atoms with E-state index in [0.717, 1.165) is 11.1 Å². The lowest BCUT2D eigenvalue weighted by atomic mass is 10.2. The molecule has 6 nitrogen and oxygen atoms in total. The summed E-state index contributed by atoms with van der Waals surface area (Å²) in [6.45, 7) is 5.43. The first-order valence-corrected chi connectivity index (χ1v) is 11.7. The first kappa shape index (κ1) is 22.3. The molecule has 0 fully saturated rings. The van der Waals surface area contributed by atoms with Crippen molar-refractivity contribution in [2.75, 3.05) is 6.61 Å². The number of hydrogen-bond donors (Lipinski definition) is 1. The van der Waals surface area contributed by atoms with Crippen LogP contribution in [-0.2, 0) is 24.3 Å². The van der Waals surface area contributed by atoms with E-state index in [4.69, 9.17) is 4.18 Å². The number of benzene rings is 2. The van der Waals surface area contributed by atoms with E-state index >= 15 is 0 Å². The number of rotatable bonds is 9. The number of hydrogen-bond acceptors (Lipinski definition) is 5. The van der Waals surface area contributed by atoms with Gasteiger partial charge in [-0.15, -0.1) is 0 Å². The third-order valence-electron chi connectivity index (χ3n) is 3.93. The maximum Gasteiger partial charge on any atom is 0.296 e. The van der Waals surface area contributed by atoms with Crippen LogP contribution in [0.15, 0.2) is 70.5 Å². The highest BCUT2D eigenvalue weighted by molar-refractivity contribution is 7.89. The van der Waals surface area contributed by atoms with Crippen molar-refractivity contribution in [1.29, 1.82) is 0 Å². The summed E-state index contributed by atoms with van der Waals surface area (Å²) in [5.74, 6) is 0. The SMILES string of the molecule is Cc1ccc(S(=O)(=O)NC(C)/C=C/CCOS(=O)(=O)c2ccc(C)cc2)cc1. The fourth-order valence-corrected chi connectivity index (χ4v) is 4.49. The molecule has 1 N–H and O–H groups in total. The van der Waals surface area contributed by atoms with Gasteiger partial charge in [-0.1, -0.05) is 47.5 Å². The molecule has 0 aliphatic carbocycles. The topological polar surface area (TPSA) is 89.5 Å². The lowest BCUT2D eigenvalue weighted by molar-refractivity contribution is 0.324. The first-order chi connectivity index (χ1) is 13.1. The Morgan fingerprint density at radius 2 is 1.39 bits per heavy atom. The van der Waals surface area contributed by atoms with Crippen LogP contribution in [0, 0.1) is 13.8 Å². The van der Waals surface area contributed by atoms with Crippen LogP contribution in [0.3, 0.4) is 0 Å². The van der Waals surface area contributed by atoms with Gasteiger partial charge in [0.2, 0.25) is 10.0 Å². The van der Waals surface area contributed by atoms with Gasteiger partial charge in [0.25, 0.3) is 10.1 Å². The Morgan fingerprint density at radius 3 is 1.93 bits per heavy atom. The minimum Gasteiger partial charge on any atom is -0.266 e. The van der Waals surface area contributed by atoms with E-state index in [1.165, 1.54) is 12.1 Å². The molecule has 2 aromatic rings. The molecular weight excluding hydrogens is 398 g/mol. The van der Waals surface area contributed by atoms with Crippen molar-refractivity contribution >= 4 is 20.1 Å². The summed E-state index contributed by atoms with van der Waals surface area (Å²) >= 11 is 0. The molecule has 0 spiro atoms. The van der Waals surface area contributed by atoms with Crippen molar-refractivity contribution in [3.8, 4) is 0 Å². The molecule has 1 unspecified atom stereocenters. The van der Waals surface area contributed by atoms with Crippen LogP contribution in [-0.4, -0.2) is 29.5 Å². The number of nitrogens with one attached hydrogen (secondary N) is 1. The van der Waals surface area contributed by atoms with Gasteiger partial charge in [0.05, 0.1) is 16.4 Å². The van der Waals surface area contributed by atoms with E-state index in [1.54, 1.807) is 55.5 Å². The van der Waals surface area contributed by atoms with Gasteiger partial charge in [0.1, 0.15) is 0 Å². The highest BCUT2D eigenvalue weighted by Gasteiger charge is 2.16. The summed E-state index contributed by atoms with van der Waals surface area (Å²) in [6, 6.07) is 12.6. The molecule has 0 heterocycles. The van der Waals surface area contributed by atoms with Gasteiger partial charge >= 0.3 is 0 Å². The van der Waals surface area contributed by atoms with Gasteiger partial charge in [-0.05, 0) is 51.5 Å². The van der Waals surface area contributed by atoms with Crippen molar-refractivity contribution in [3.05, 3.63) is 71.8 Å². The summed E-state index contributed by atoms with van der Waals surface area (Å²) in [4.78, 5) is 0.312. The number of sulfonamides is 1. The maximum atomic E-state index is 12.3. The molecule has 0 aliphatic heterocycles. The summed E-state index contributed by atoms with van der Waals surface area (Å²) < 4.78 is 56.3. The van der Waals surface area contributed by atoms with Gasteiger partial charge in [-0.25, -0.2) is 13.1 Å². The Labute approximate surface area is 167 Å². The normalized spacial score (nSPS) is 13.7. The minimum absolute atomic E-state index is 0.0237. The fraction of sp³-hybridized carbons (Fsp3) is 0.300. The molecule has 0 aliphatic rings. The summed E-state index contributed by atoms with van der Waals surface area (Å²) in [7, 11) is -7.40. The summed E-state index contributed by atoms with van der Waals surface area (Å²) in [5, 5.41) is 0. The Morgan fingerprint density at radius 1 is 0.893 bits per heavy atom. The third-order valence-corrected chi connectivity index (χ3v) is 6.83. The van der Waals surface area contributed by atoms with Crippen LogP contribution in [0.5, 0.6) is 0 Å². The Balaban J connectivity index is 1.84. The maximum absolute atomic E-state index is 12.3. The molecule has 28 heavy (non-hydrogen) atoms. The summed E-state index contributed by atoms with van der Waals surface area (Å²) in [6.07, 6.45) is 3.68. The zero-order valence-electron chi connectivity index (χ0n) is 16.1. The van der Waals surface area contributed by atoms with Crippen LogP contribution in [0.25, 0.3) is 0 Å². The van der Waals surface area contributed by atoms with E-state index in [1.807, 2.05) is 13.8 Å². The van der Waals surface area contributed by atoms with Crippen LogP contribution in [0.2, 0.25) is 0 Å². The molecule has 0 radical (unpaired) electrons. The second-order valence-corrected chi connectivity index (χ2v) is 9.86. The van der Waals surface area contributed by atoms with Gasteiger partial charge in [-0.2, -0.15) is 8.42 Å². The highest BCUT2D eigenvalue weighted by Crippen LogP contribution is 2.14. The molecular formula is C20H25NO5S2. The van der Waals surface area contributed by atoms with Gasteiger partial charge in [0.15, 0.2) is 0 Å². The third kappa shape index (κ3) is 6.56. The van der Waals surface area contributed by atoms with Crippen LogP contribution in [0.1, 0.15) is 24.5 Å². The van der Waals surface area contributed by atoms with Crippen molar-refractivity contribution in [2.45, 2.75) is 43.0 Å². The Kier molecular flexibility index (Phi) is 7.54. The van der Waals surface area contributed by atoms with Gasteiger partial charge in [-0.3, -0.25) is 4.18 Å². The highest BCUT2D eigenvalue weighted by atomic mass is 32.2. The molecule has 0 amide bonds. The molecule has 0 bridgehead atoms. The van der Waals surface area contributed by atoms with Gasteiger partial charge in [0, 0.05) is 6.04 Å². The molecule has 2 aromatic carbocycles. The molecule has 0 saturated carbocycles. The monoisotopic (exact) mass is 423 g/mol. The smallest absolute Gasteiger partial charge is 0.266 e. The van der Waals surface area contributed by atoms with Crippen molar-refractivity contribution in [1.82, 2.24) is 4.72 Å². The first-order valence-electron chi connectivity index (χ1n) is 8.82. The lowest BCUT2D eigenvalue weighted by Gasteiger charge is -2.11. The molecule has 8 heteroatoms. The Bertz CT molecular complexity index is 1010. The predicted molar refractivity (Wildman–Crippen MR) is 109 cm³/mol. The second-order valence-electron chi connectivity index (χ2n) is 6.53. The van der Waals surface area contributed by atoms with E-state index in [0.29, 0.717) is 6.42 Å². The van der Waals surface area contributed by atoms with Crippen molar-refractivity contribution in [3.63, 3.8) is 0 Å². The van der Waals surface area contributed by atoms with E-state index < -0.39 is 26.2 Å². The Hall–Kier alpha value is -2.00. The van der Waals surface area contributed by atoms with Crippen LogP contribution < -0.4 is 4.72 Å².